The summed E-state index contributed by atoms with van der Waals surface area (Å²) in [5.74, 6) is 0.804. The lowest BCUT2D eigenvalue weighted by Gasteiger charge is -2.35. The zero-order valence-corrected chi connectivity index (χ0v) is 31.3. The number of likely N-dealkylation sites (N-methyl/N-ethyl adjacent to an activating group) is 2. The van der Waals surface area contributed by atoms with Crippen molar-refractivity contribution in [3.8, 4) is 22.6 Å². The normalized spacial score (nSPS) is 11.9. The first-order valence-electron chi connectivity index (χ1n) is 15.3. The molecule has 0 atom stereocenters. The van der Waals surface area contributed by atoms with Crippen molar-refractivity contribution < 1.29 is 90.3 Å². The van der Waals surface area contributed by atoms with Crippen LogP contribution >= 0.6 is 0 Å². The molecule has 0 saturated carbocycles. The molecule has 0 spiro atoms. The highest BCUT2D eigenvalue weighted by Gasteiger charge is 2.31. The molecular weight excluding hydrogens is 790 g/mol. The van der Waals surface area contributed by atoms with E-state index in [4.69, 9.17) is 18.9 Å². The van der Waals surface area contributed by atoms with E-state index in [0.29, 0.717) is 84.2 Å². The third kappa shape index (κ3) is 10.0. The summed E-state index contributed by atoms with van der Waals surface area (Å²) in [6.45, 7) is 18.6. The molecule has 44 heavy (non-hydrogen) atoms. The summed E-state index contributed by atoms with van der Waals surface area (Å²) in [4.78, 5) is 37.7. The lowest BCUT2D eigenvalue weighted by Crippen LogP contribution is -3.00. The van der Waals surface area contributed by atoms with Crippen LogP contribution in [0, 0.1) is 0 Å². The predicted molar refractivity (Wildman–Crippen MR) is 162 cm³/mol. The molecule has 0 aromatic heterocycles. The molecule has 0 fully saturated rings. The minimum absolute atomic E-state index is 0. The van der Waals surface area contributed by atoms with Crippen molar-refractivity contribution in [2.45, 2.75) is 41.5 Å². The van der Waals surface area contributed by atoms with E-state index in [-0.39, 0.29) is 65.7 Å². The molecule has 0 heterocycles. The van der Waals surface area contributed by atoms with Crippen LogP contribution in [0.3, 0.4) is 0 Å². The van der Waals surface area contributed by atoms with Crippen LogP contribution in [-0.2, 0) is 19.1 Å². The van der Waals surface area contributed by atoms with Crippen LogP contribution < -0.4 is 57.4 Å². The van der Waals surface area contributed by atoms with Gasteiger partial charge in [-0.05, 0) is 89.1 Å². The highest BCUT2D eigenvalue weighted by Crippen LogP contribution is 2.40. The van der Waals surface area contributed by atoms with Crippen LogP contribution in [0.4, 0.5) is 0 Å². The Balaban J connectivity index is 0.00000484. The molecule has 2 aromatic rings. The highest BCUT2D eigenvalue weighted by atomic mass is 127. The summed E-state index contributed by atoms with van der Waals surface area (Å²) in [5, 5.41) is 0. The number of carbonyl (C=O) groups is 3. The number of hydrogen-bond acceptors (Lipinski definition) is 7. The molecular formula is C33H48I2N2O7. The predicted octanol–water partition coefficient (Wildman–Crippen LogP) is -1.50. The molecule has 0 bridgehead atoms. The molecule has 0 unspecified atom stereocenters. The average molecular weight is 839 g/mol. The smallest absolute Gasteiger partial charge is 0.361 e. The number of hydrogen-bond donors (Lipinski definition) is 0. The molecule has 246 valence electrons. The fourth-order valence-electron chi connectivity index (χ4n) is 5.58. The number of nitrogens with zero attached hydrogens (tertiary/aromatic N) is 2. The number of quaternary nitrogens is 2. The van der Waals surface area contributed by atoms with E-state index in [2.05, 4.69) is 27.7 Å². The van der Waals surface area contributed by atoms with Crippen molar-refractivity contribution in [2.24, 2.45) is 0 Å². The van der Waals surface area contributed by atoms with Gasteiger partial charge in [0.1, 0.15) is 37.8 Å². The third-order valence-corrected chi connectivity index (χ3v) is 8.65. The van der Waals surface area contributed by atoms with Gasteiger partial charge in [0.15, 0.2) is 18.9 Å². The van der Waals surface area contributed by atoms with Crippen molar-refractivity contribution in [2.75, 3.05) is 78.8 Å². The van der Waals surface area contributed by atoms with Gasteiger partial charge < -0.3 is 75.9 Å². The van der Waals surface area contributed by atoms with Crippen LogP contribution in [0.25, 0.3) is 11.1 Å². The van der Waals surface area contributed by atoms with E-state index < -0.39 is 0 Å². The summed E-state index contributed by atoms with van der Waals surface area (Å²) in [6, 6.07) is 11.2. The number of carbonyl (C=O) groups excluding carboxylic acids is 3. The first kappa shape index (κ1) is 40.1. The topological polar surface area (TPSA) is 88.1 Å². The second-order valence-electron chi connectivity index (χ2n) is 10.8. The number of fused-ring (bicyclic) bond motifs is 3. The molecule has 0 radical (unpaired) electrons. The van der Waals surface area contributed by atoms with Crippen LogP contribution in [0.1, 0.15) is 57.5 Å². The fraction of sp³-hybridized carbons (Fsp3) is 0.545. The van der Waals surface area contributed by atoms with Gasteiger partial charge in [0, 0.05) is 11.1 Å². The standard InChI is InChI=1S/C33H48N2O7.2HI/c1-7-34(8-2,23-31(36)39-11-5)17-19-41-25-13-15-27-28-16-14-26(22-30(28)33(38)29(27)21-25)42-20-18-35(9-3,10-4)24-32(37)40-12-6;;/h13-16,21-22H,7-12,17-20,23-24H2,1-6H3;2*1H/q+2;;/p-2. The van der Waals surface area contributed by atoms with Crippen molar-refractivity contribution in [1.29, 1.82) is 0 Å². The monoisotopic (exact) mass is 838 g/mol. The highest BCUT2D eigenvalue weighted by molar-refractivity contribution is 6.22. The number of ketones is 1. The molecule has 3 rings (SSSR count). The van der Waals surface area contributed by atoms with Gasteiger partial charge in [-0.15, -0.1) is 0 Å². The van der Waals surface area contributed by atoms with Crippen molar-refractivity contribution in [3.63, 3.8) is 0 Å². The Hall–Kier alpha value is -1.97. The maximum atomic E-state index is 13.4. The number of halogens is 2. The molecule has 1 aliphatic carbocycles. The van der Waals surface area contributed by atoms with E-state index in [1.54, 1.807) is 12.1 Å². The van der Waals surface area contributed by atoms with E-state index in [9.17, 15) is 14.4 Å². The minimum Gasteiger partial charge on any atom is -1.00 e. The van der Waals surface area contributed by atoms with Crippen molar-refractivity contribution >= 4 is 17.7 Å². The SMILES string of the molecule is CCOC(=O)C[N+](CC)(CC)CCOc1ccc2c(c1)C(=O)c1cc(OCC[N+](CC)(CC)CC(=O)OCC)ccc1-2.[I-].[I-]. The summed E-state index contributed by atoms with van der Waals surface area (Å²) >= 11 is 0. The van der Waals surface area contributed by atoms with Gasteiger partial charge in [-0.25, -0.2) is 9.59 Å². The third-order valence-electron chi connectivity index (χ3n) is 8.65. The van der Waals surface area contributed by atoms with Crippen LogP contribution in [0.15, 0.2) is 36.4 Å². The molecule has 0 amide bonds. The first-order chi connectivity index (χ1) is 20.2. The Kier molecular flexibility index (Phi) is 17.2. The second kappa shape index (κ2) is 18.9. The molecule has 0 aliphatic heterocycles. The van der Waals surface area contributed by atoms with E-state index in [1.807, 2.05) is 38.1 Å². The van der Waals surface area contributed by atoms with E-state index in [0.717, 1.165) is 37.3 Å². The molecule has 1 aliphatic rings. The van der Waals surface area contributed by atoms with Crippen LogP contribution in [0.5, 0.6) is 11.5 Å². The molecule has 0 N–H and O–H groups in total. The van der Waals surface area contributed by atoms with Crippen molar-refractivity contribution in [3.05, 3.63) is 47.5 Å². The van der Waals surface area contributed by atoms with Gasteiger partial charge in [0.2, 0.25) is 0 Å². The summed E-state index contributed by atoms with van der Waals surface area (Å²) < 4.78 is 23.7. The van der Waals surface area contributed by atoms with Crippen molar-refractivity contribution in [1.82, 2.24) is 0 Å². The molecule has 0 saturated heterocycles. The Morgan fingerprint density at radius 3 is 1.27 bits per heavy atom. The number of benzene rings is 2. The maximum Gasteiger partial charge on any atom is 0.361 e. The zero-order chi connectivity index (χ0) is 30.8. The number of ether oxygens (including phenoxy) is 4. The maximum absolute atomic E-state index is 13.4. The molecule has 9 nitrogen and oxygen atoms in total. The second-order valence-corrected chi connectivity index (χ2v) is 10.8. The van der Waals surface area contributed by atoms with E-state index >= 15 is 0 Å². The largest absolute Gasteiger partial charge is 1.00 e. The average Bonchev–Trinajstić information content (AvgIpc) is 3.26. The van der Waals surface area contributed by atoms with Crippen LogP contribution in [-0.4, -0.2) is 105 Å². The Labute approximate surface area is 296 Å². The Morgan fingerprint density at radius 2 is 0.955 bits per heavy atom. The summed E-state index contributed by atoms with van der Waals surface area (Å²) in [5.41, 5.74) is 2.98. The fourth-order valence-corrected chi connectivity index (χ4v) is 5.58. The number of esters is 2. The van der Waals surface area contributed by atoms with Gasteiger partial charge in [-0.1, -0.05) is 0 Å². The minimum atomic E-state index is -0.198. The zero-order valence-electron chi connectivity index (χ0n) is 27.0. The Bertz CT molecular complexity index is 1150. The van der Waals surface area contributed by atoms with Crippen LogP contribution in [0.2, 0.25) is 0 Å². The van der Waals surface area contributed by atoms with Gasteiger partial charge >= 0.3 is 11.9 Å². The number of rotatable bonds is 18. The quantitative estimate of drug-likeness (QED) is 0.0878. The summed E-state index contributed by atoms with van der Waals surface area (Å²) in [7, 11) is 0. The van der Waals surface area contributed by atoms with Gasteiger partial charge in [0.05, 0.1) is 39.4 Å². The summed E-state index contributed by atoms with van der Waals surface area (Å²) in [6.07, 6.45) is 0. The van der Waals surface area contributed by atoms with Gasteiger partial charge in [0.25, 0.3) is 0 Å². The molecule has 2 aromatic carbocycles. The Morgan fingerprint density at radius 1 is 0.591 bits per heavy atom. The first-order valence-corrected chi connectivity index (χ1v) is 15.3. The van der Waals surface area contributed by atoms with Gasteiger partial charge in [-0.3, -0.25) is 4.79 Å². The van der Waals surface area contributed by atoms with E-state index in [1.165, 1.54) is 0 Å². The van der Waals surface area contributed by atoms with Gasteiger partial charge in [-0.2, -0.15) is 0 Å². The lowest BCUT2D eigenvalue weighted by atomic mass is 10.1. The lowest BCUT2D eigenvalue weighted by molar-refractivity contribution is -0.918. The molecule has 11 heteroatoms.